The van der Waals surface area contributed by atoms with Gasteiger partial charge >= 0.3 is 0 Å². The van der Waals surface area contributed by atoms with Crippen molar-refractivity contribution in [3.05, 3.63) is 29.6 Å². The van der Waals surface area contributed by atoms with E-state index in [1.165, 1.54) is 0 Å². The van der Waals surface area contributed by atoms with Crippen LogP contribution in [0.3, 0.4) is 0 Å². The second-order valence-electron chi connectivity index (χ2n) is 6.46. The topological polar surface area (TPSA) is 24.5 Å². The maximum atomic E-state index is 13.6. The largest absolute Gasteiger partial charge is 0.372 e. The first-order chi connectivity index (χ1) is 9.95. The number of rotatable bonds is 5. The number of nitrogens with one attached hydrogen (secondary N) is 1. The Morgan fingerprint density at radius 2 is 1.95 bits per heavy atom. The molecule has 0 bridgehead atoms. The van der Waals surface area contributed by atoms with Crippen molar-refractivity contribution in [2.24, 2.45) is 5.92 Å². The molecule has 0 spiro atoms. The van der Waals surface area contributed by atoms with Gasteiger partial charge in [0.05, 0.1) is 12.2 Å². The fraction of sp³-hybridized carbons (Fsp3) is 0.647. The number of benzene rings is 1. The molecule has 1 aliphatic rings. The van der Waals surface area contributed by atoms with Crippen LogP contribution in [0.15, 0.2) is 18.2 Å². The zero-order valence-electron chi connectivity index (χ0n) is 13.5. The number of morpholine rings is 1. The molecule has 118 valence electrons. The van der Waals surface area contributed by atoms with E-state index in [0.717, 1.165) is 30.9 Å². The van der Waals surface area contributed by atoms with Crippen LogP contribution in [0.25, 0.3) is 0 Å². The van der Waals surface area contributed by atoms with E-state index < -0.39 is 0 Å². The van der Waals surface area contributed by atoms with Gasteiger partial charge < -0.3 is 15.0 Å². The Morgan fingerprint density at radius 3 is 2.57 bits per heavy atom. The van der Waals surface area contributed by atoms with Gasteiger partial charge in [0.25, 0.3) is 0 Å². The molecule has 3 nitrogen and oxygen atoms in total. The Hall–Kier alpha value is -1.13. The van der Waals surface area contributed by atoms with Gasteiger partial charge in [0.15, 0.2) is 0 Å². The molecule has 2 atom stereocenters. The number of anilines is 1. The van der Waals surface area contributed by atoms with Crippen molar-refractivity contribution >= 4 is 5.69 Å². The lowest BCUT2D eigenvalue weighted by Crippen LogP contribution is -2.46. The molecule has 21 heavy (non-hydrogen) atoms. The molecule has 0 aliphatic carbocycles. The van der Waals surface area contributed by atoms with E-state index in [2.05, 4.69) is 37.9 Å². The highest BCUT2D eigenvalue weighted by atomic mass is 19.1. The first-order valence-electron chi connectivity index (χ1n) is 7.85. The van der Waals surface area contributed by atoms with Crippen LogP contribution in [0, 0.1) is 11.7 Å². The summed E-state index contributed by atoms with van der Waals surface area (Å²) in [5.74, 6) is 0.417. The van der Waals surface area contributed by atoms with Crippen molar-refractivity contribution < 1.29 is 9.13 Å². The van der Waals surface area contributed by atoms with Crippen LogP contribution in [-0.4, -0.2) is 31.8 Å². The van der Waals surface area contributed by atoms with Crippen molar-refractivity contribution in [3.63, 3.8) is 0 Å². The Morgan fingerprint density at radius 1 is 1.29 bits per heavy atom. The predicted molar refractivity (Wildman–Crippen MR) is 85.2 cm³/mol. The molecule has 1 heterocycles. The molecule has 0 amide bonds. The van der Waals surface area contributed by atoms with Gasteiger partial charge in [-0.15, -0.1) is 0 Å². The summed E-state index contributed by atoms with van der Waals surface area (Å²) in [4.78, 5) is 2.31. The summed E-state index contributed by atoms with van der Waals surface area (Å²) < 4.78 is 19.4. The van der Waals surface area contributed by atoms with Crippen molar-refractivity contribution in [2.45, 2.75) is 46.4 Å². The summed E-state index contributed by atoms with van der Waals surface area (Å²) in [5.41, 5.74) is 2.15. The molecule has 1 N–H and O–H groups in total. The van der Waals surface area contributed by atoms with Crippen molar-refractivity contribution in [2.75, 3.05) is 24.5 Å². The molecular formula is C17H27FN2O. The van der Waals surface area contributed by atoms with Gasteiger partial charge in [0, 0.05) is 25.3 Å². The highest BCUT2D eigenvalue weighted by Crippen LogP contribution is 2.25. The Bertz CT molecular complexity index is 454. The van der Waals surface area contributed by atoms with Crippen LogP contribution in [0.2, 0.25) is 0 Å². The molecule has 1 fully saturated rings. The van der Waals surface area contributed by atoms with Gasteiger partial charge in [-0.1, -0.05) is 13.8 Å². The maximum absolute atomic E-state index is 13.6. The number of nitrogens with zero attached hydrogens (tertiary/aromatic N) is 1. The summed E-state index contributed by atoms with van der Waals surface area (Å²) in [5, 5.41) is 3.41. The number of hydrogen-bond acceptors (Lipinski definition) is 3. The van der Waals surface area contributed by atoms with Gasteiger partial charge in [-0.25, -0.2) is 4.39 Å². The molecule has 1 aliphatic heterocycles. The third-order valence-corrected chi connectivity index (χ3v) is 3.67. The standard InChI is InChI=1S/C17H27FN2O/c1-12(2)8-19-9-15-7-16(18)5-6-17(15)20-10-13(3)21-14(4)11-20/h5-7,12-14,19H,8-11H2,1-4H3/t13-,14+. The van der Waals surface area contributed by atoms with Crippen LogP contribution in [-0.2, 0) is 11.3 Å². The highest BCUT2D eigenvalue weighted by Gasteiger charge is 2.24. The van der Waals surface area contributed by atoms with E-state index in [-0.39, 0.29) is 18.0 Å². The Kier molecular flexibility index (Phi) is 5.59. The number of ether oxygens (including phenoxy) is 1. The fourth-order valence-electron chi connectivity index (χ4n) is 2.87. The first-order valence-corrected chi connectivity index (χ1v) is 7.85. The molecule has 0 radical (unpaired) electrons. The van der Waals surface area contributed by atoms with Gasteiger partial charge in [0.2, 0.25) is 0 Å². The molecule has 0 unspecified atom stereocenters. The van der Waals surface area contributed by atoms with Crippen molar-refractivity contribution in [3.8, 4) is 0 Å². The first kappa shape index (κ1) is 16.2. The Balaban J connectivity index is 2.13. The van der Waals surface area contributed by atoms with Gasteiger partial charge in [-0.2, -0.15) is 0 Å². The molecule has 4 heteroatoms. The van der Waals surface area contributed by atoms with Gasteiger partial charge in [-0.3, -0.25) is 0 Å². The normalized spacial score (nSPS) is 22.9. The number of halogens is 1. The highest BCUT2D eigenvalue weighted by molar-refractivity contribution is 5.54. The van der Waals surface area contributed by atoms with Crippen molar-refractivity contribution in [1.82, 2.24) is 5.32 Å². The summed E-state index contributed by atoms with van der Waals surface area (Å²) in [6.07, 6.45) is 0.408. The minimum absolute atomic E-state index is 0.172. The molecule has 0 saturated carbocycles. The summed E-state index contributed by atoms with van der Waals surface area (Å²) in [6, 6.07) is 5.09. The Labute approximate surface area is 127 Å². The zero-order chi connectivity index (χ0) is 15.4. The summed E-state index contributed by atoms with van der Waals surface area (Å²) >= 11 is 0. The molecular weight excluding hydrogens is 267 g/mol. The number of hydrogen-bond donors (Lipinski definition) is 1. The lowest BCUT2D eigenvalue weighted by atomic mass is 10.1. The van der Waals surface area contributed by atoms with E-state index in [4.69, 9.17) is 4.74 Å². The van der Waals surface area contributed by atoms with E-state index >= 15 is 0 Å². The third-order valence-electron chi connectivity index (χ3n) is 3.67. The van der Waals surface area contributed by atoms with Crippen LogP contribution in [0.1, 0.15) is 33.3 Å². The average Bonchev–Trinajstić information content (AvgIpc) is 2.37. The van der Waals surface area contributed by atoms with E-state index in [1.807, 2.05) is 6.07 Å². The van der Waals surface area contributed by atoms with Crippen LogP contribution < -0.4 is 10.2 Å². The third kappa shape index (κ3) is 4.68. The average molecular weight is 294 g/mol. The van der Waals surface area contributed by atoms with E-state index in [9.17, 15) is 4.39 Å². The molecule has 1 aromatic carbocycles. The van der Waals surface area contributed by atoms with Crippen LogP contribution in [0.4, 0.5) is 10.1 Å². The zero-order valence-corrected chi connectivity index (χ0v) is 13.5. The second kappa shape index (κ2) is 7.23. The molecule has 1 aromatic rings. The maximum Gasteiger partial charge on any atom is 0.123 e. The SMILES string of the molecule is CC(C)CNCc1cc(F)ccc1N1C[C@@H](C)O[C@@H](C)C1. The fourth-order valence-corrected chi connectivity index (χ4v) is 2.87. The lowest BCUT2D eigenvalue weighted by Gasteiger charge is -2.38. The monoisotopic (exact) mass is 294 g/mol. The minimum Gasteiger partial charge on any atom is -0.372 e. The lowest BCUT2D eigenvalue weighted by molar-refractivity contribution is -0.00526. The van der Waals surface area contributed by atoms with E-state index in [0.29, 0.717) is 12.5 Å². The van der Waals surface area contributed by atoms with Crippen LogP contribution >= 0.6 is 0 Å². The molecule has 2 rings (SSSR count). The summed E-state index contributed by atoms with van der Waals surface area (Å²) in [6.45, 7) is 11.9. The smallest absolute Gasteiger partial charge is 0.123 e. The van der Waals surface area contributed by atoms with Crippen molar-refractivity contribution in [1.29, 1.82) is 0 Å². The van der Waals surface area contributed by atoms with E-state index in [1.54, 1.807) is 12.1 Å². The quantitative estimate of drug-likeness (QED) is 0.902. The predicted octanol–water partition coefficient (Wildman–Crippen LogP) is 3.18. The molecule has 1 saturated heterocycles. The molecule has 0 aromatic heterocycles. The second-order valence-corrected chi connectivity index (χ2v) is 6.46. The summed E-state index contributed by atoms with van der Waals surface area (Å²) in [7, 11) is 0. The minimum atomic E-state index is -0.172. The van der Waals surface area contributed by atoms with Gasteiger partial charge in [-0.05, 0) is 50.1 Å². The van der Waals surface area contributed by atoms with Gasteiger partial charge in [0.1, 0.15) is 5.82 Å². The van der Waals surface area contributed by atoms with Crippen LogP contribution in [0.5, 0.6) is 0 Å².